The minimum absolute atomic E-state index is 0.00592. The smallest absolute Gasteiger partial charge is 0.355 e. The van der Waals surface area contributed by atoms with Crippen LogP contribution in [0.3, 0.4) is 0 Å². The molecule has 0 aliphatic carbocycles. The number of benzene rings is 1. The number of carbonyl (C=O) groups excluding carboxylic acids is 1. The molecule has 0 atom stereocenters. The number of carbonyl (C=O) groups is 1. The maximum Gasteiger partial charge on any atom is 0.355 e. The highest BCUT2D eigenvalue weighted by Gasteiger charge is 2.13. The van der Waals surface area contributed by atoms with E-state index in [9.17, 15) is 14.7 Å². The van der Waals surface area contributed by atoms with Gasteiger partial charge in [0.15, 0.2) is 0 Å². The van der Waals surface area contributed by atoms with Crippen LogP contribution in [0.4, 0.5) is 0 Å². The fourth-order valence-corrected chi connectivity index (χ4v) is 2.23. The number of esters is 1. The first kappa shape index (κ1) is 13.9. The number of nitrogens with zero attached hydrogens (tertiary/aromatic N) is 1. The number of phenols is 1. The van der Waals surface area contributed by atoms with E-state index < -0.39 is 11.6 Å². The van der Waals surface area contributed by atoms with Gasteiger partial charge >= 0.3 is 11.6 Å². The number of hydrogen-bond acceptors (Lipinski definition) is 5. The van der Waals surface area contributed by atoms with E-state index in [4.69, 9.17) is 9.15 Å². The lowest BCUT2D eigenvalue weighted by Gasteiger charge is -2.08. The molecule has 3 rings (SSSR count). The van der Waals surface area contributed by atoms with Crippen molar-refractivity contribution in [2.45, 2.75) is 6.61 Å². The molecule has 22 heavy (non-hydrogen) atoms. The summed E-state index contributed by atoms with van der Waals surface area (Å²) in [4.78, 5) is 23.5. The lowest BCUT2D eigenvalue weighted by Crippen LogP contribution is -2.11. The van der Waals surface area contributed by atoms with Gasteiger partial charge in [0.2, 0.25) is 0 Å². The molecule has 2 heterocycles. The molecular weight excluding hydrogens is 286 g/mol. The summed E-state index contributed by atoms with van der Waals surface area (Å²) in [5.41, 5.74) is 0.624. The van der Waals surface area contributed by atoms with Gasteiger partial charge in [-0.2, -0.15) is 0 Å². The molecule has 0 spiro atoms. The Morgan fingerprint density at radius 2 is 2.14 bits per heavy atom. The Kier molecular flexibility index (Phi) is 3.42. The molecule has 0 saturated heterocycles. The van der Waals surface area contributed by atoms with Crippen molar-refractivity contribution in [1.29, 1.82) is 0 Å². The third-order valence-electron chi connectivity index (χ3n) is 3.33. The summed E-state index contributed by atoms with van der Waals surface area (Å²) >= 11 is 0. The lowest BCUT2D eigenvalue weighted by atomic mass is 10.1. The molecule has 6 nitrogen and oxygen atoms in total. The number of aryl methyl sites for hydroxylation is 1. The van der Waals surface area contributed by atoms with Crippen molar-refractivity contribution < 1.29 is 19.1 Å². The highest BCUT2D eigenvalue weighted by Crippen LogP contribution is 2.22. The standard InChI is InChI=1S/C16H13NO5/c1-17-6-2-3-13(17)16(20)21-9-10-7-15(19)22-14-8-11(18)4-5-12(10)14/h2-8,18H,9H2,1H3. The average molecular weight is 299 g/mol. The highest BCUT2D eigenvalue weighted by molar-refractivity contribution is 5.88. The topological polar surface area (TPSA) is 81.7 Å². The molecule has 1 aromatic carbocycles. The number of ether oxygens (including phenoxy) is 1. The maximum absolute atomic E-state index is 12.0. The van der Waals surface area contributed by atoms with Crippen molar-refractivity contribution in [3.63, 3.8) is 0 Å². The van der Waals surface area contributed by atoms with E-state index in [1.807, 2.05) is 0 Å². The molecule has 0 fully saturated rings. The van der Waals surface area contributed by atoms with Crippen molar-refractivity contribution in [1.82, 2.24) is 4.57 Å². The van der Waals surface area contributed by atoms with Crippen LogP contribution >= 0.6 is 0 Å². The summed E-state index contributed by atoms with van der Waals surface area (Å²) in [6.07, 6.45) is 1.74. The Balaban J connectivity index is 1.89. The number of phenolic OH excluding ortho intramolecular Hbond substituents is 1. The van der Waals surface area contributed by atoms with E-state index in [1.54, 1.807) is 36.0 Å². The summed E-state index contributed by atoms with van der Waals surface area (Å²) in [5, 5.41) is 10.0. The first-order valence-corrected chi connectivity index (χ1v) is 6.59. The van der Waals surface area contributed by atoms with Gasteiger partial charge in [-0.25, -0.2) is 9.59 Å². The molecule has 3 aromatic rings. The van der Waals surface area contributed by atoms with Gasteiger partial charge in [0.1, 0.15) is 23.6 Å². The summed E-state index contributed by atoms with van der Waals surface area (Å²) in [5.74, 6) is -0.485. The SMILES string of the molecule is Cn1cccc1C(=O)OCc1cc(=O)oc2cc(O)ccc12. The van der Waals surface area contributed by atoms with Gasteiger partial charge in [-0.1, -0.05) is 0 Å². The van der Waals surface area contributed by atoms with Crippen molar-refractivity contribution >= 4 is 16.9 Å². The van der Waals surface area contributed by atoms with Crippen molar-refractivity contribution in [3.05, 3.63) is 64.3 Å². The van der Waals surface area contributed by atoms with Crippen molar-refractivity contribution in [2.24, 2.45) is 7.05 Å². The zero-order valence-electron chi connectivity index (χ0n) is 11.8. The fourth-order valence-electron chi connectivity index (χ4n) is 2.23. The van der Waals surface area contributed by atoms with Crippen molar-refractivity contribution in [2.75, 3.05) is 0 Å². The monoisotopic (exact) mass is 299 g/mol. The summed E-state index contributed by atoms with van der Waals surface area (Å²) in [6.45, 7) is -0.0586. The zero-order valence-corrected chi connectivity index (χ0v) is 11.8. The molecule has 112 valence electrons. The predicted molar refractivity (Wildman–Crippen MR) is 78.7 cm³/mol. The second-order valence-corrected chi connectivity index (χ2v) is 4.85. The molecule has 0 radical (unpaired) electrons. The van der Waals surface area contributed by atoms with E-state index in [-0.39, 0.29) is 17.9 Å². The fraction of sp³-hybridized carbons (Fsp3) is 0.125. The Morgan fingerprint density at radius 1 is 1.32 bits per heavy atom. The van der Waals surface area contributed by atoms with Gasteiger partial charge in [0.25, 0.3) is 0 Å². The van der Waals surface area contributed by atoms with Crippen LogP contribution in [0.15, 0.2) is 51.8 Å². The number of fused-ring (bicyclic) bond motifs is 1. The third kappa shape index (κ3) is 2.58. The Morgan fingerprint density at radius 3 is 2.86 bits per heavy atom. The first-order chi connectivity index (χ1) is 10.5. The van der Waals surface area contributed by atoms with Gasteiger partial charge in [0, 0.05) is 36.3 Å². The predicted octanol–water partition coefficient (Wildman–Crippen LogP) is 2.19. The number of aromatic nitrogens is 1. The zero-order chi connectivity index (χ0) is 15.7. The molecule has 6 heteroatoms. The molecular formula is C16H13NO5. The van der Waals surface area contributed by atoms with Gasteiger partial charge in [-0.3, -0.25) is 0 Å². The minimum atomic E-state index is -0.567. The van der Waals surface area contributed by atoms with E-state index in [1.165, 1.54) is 18.2 Å². The van der Waals surface area contributed by atoms with Crippen LogP contribution < -0.4 is 5.63 Å². The Labute approximate surface area is 125 Å². The second-order valence-electron chi connectivity index (χ2n) is 4.85. The Bertz CT molecular complexity index is 906. The lowest BCUT2D eigenvalue weighted by molar-refractivity contribution is 0.0462. The van der Waals surface area contributed by atoms with Gasteiger partial charge in [-0.15, -0.1) is 0 Å². The summed E-state index contributed by atoms with van der Waals surface area (Å²) < 4.78 is 11.9. The van der Waals surface area contributed by atoms with Crippen molar-refractivity contribution in [3.8, 4) is 5.75 Å². The van der Waals surface area contributed by atoms with Gasteiger partial charge in [-0.05, 0) is 24.3 Å². The maximum atomic E-state index is 12.0. The van der Waals surface area contributed by atoms with Crippen LogP contribution in [0.25, 0.3) is 11.0 Å². The number of rotatable bonds is 3. The quantitative estimate of drug-likeness (QED) is 0.592. The molecule has 0 aliphatic rings. The largest absolute Gasteiger partial charge is 0.508 e. The van der Waals surface area contributed by atoms with E-state index in [2.05, 4.69) is 0 Å². The molecule has 0 saturated carbocycles. The van der Waals surface area contributed by atoms with Crippen LogP contribution in [0.5, 0.6) is 5.75 Å². The van der Waals surface area contributed by atoms with E-state index in [0.29, 0.717) is 16.6 Å². The van der Waals surface area contributed by atoms with Crippen LogP contribution in [-0.4, -0.2) is 15.6 Å². The van der Waals surface area contributed by atoms with Gasteiger partial charge < -0.3 is 18.8 Å². The summed E-state index contributed by atoms with van der Waals surface area (Å²) in [7, 11) is 1.74. The van der Waals surface area contributed by atoms with Gasteiger partial charge in [0.05, 0.1) is 0 Å². The molecule has 0 amide bonds. The highest BCUT2D eigenvalue weighted by atomic mass is 16.5. The average Bonchev–Trinajstić information content (AvgIpc) is 2.90. The molecule has 0 unspecified atom stereocenters. The second kappa shape index (κ2) is 5.40. The minimum Gasteiger partial charge on any atom is -0.508 e. The van der Waals surface area contributed by atoms with E-state index in [0.717, 1.165) is 0 Å². The first-order valence-electron chi connectivity index (χ1n) is 6.59. The van der Waals surface area contributed by atoms with Crippen LogP contribution in [-0.2, 0) is 18.4 Å². The normalized spacial score (nSPS) is 10.8. The number of aromatic hydroxyl groups is 1. The van der Waals surface area contributed by atoms with Crippen LogP contribution in [0.2, 0.25) is 0 Å². The van der Waals surface area contributed by atoms with Crippen LogP contribution in [0.1, 0.15) is 16.1 Å². The molecule has 0 bridgehead atoms. The Hall–Kier alpha value is -3.02. The van der Waals surface area contributed by atoms with Crippen LogP contribution in [0, 0.1) is 0 Å². The van der Waals surface area contributed by atoms with E-state index >= 15 is 0 Å². The third-order valence-corrected chi connectivity index (χ3v) is 3.33. The number of hydrogen-bond donors (Lipinski definition) is 1. The molecule has 1 N–H and O–H groups in total. The molecule has 2 aromatic heterocycles. The molecule has 0 aliphatic heterocycles. The summed E-state index contributed by atoms with van der Waals surface area (Å²) in [6, 6.07) is 9.10.